The van der Waals surface area contributed by atoms with Crippen LogP contribution in [0.25, 0.3) is 22.8 Å². The molecule has 0 atom stereocenters. The molecule has 0 aliphatic rings. The van der Waals surface area contributed by atoms with Gasteiger partial charge in [0.2, 0.25) is 5.82 Å². The molecule has 0 radical (unpaired) electrons. The molecule has 0 bridgehead atoms. The van der Waals surface area contributed by atoms with Crippen molar-refractivity contribution in [1.82, 2.24) is 10.1 Å². The third-order valence-electron chi connectivity index (χ3n) is 3.54. The summed E-state index contributed by atoms with van der Waals surface area (Å²) in [6.07, 6.45) is 0. The molecule has 0 aliphatic heterocycles. The van der Waals surface area contributed by atoms with Crippen LogP contribution >= 0.6 is 0 Å². The van der Waals surface area contributed by atoms with E-state index in [1.165, 1.54) is 0 Å². The van der Waals surface area contributed by atoms with Gasteiger partial charge in [-0.25, -0.2) is 0 Å². The summed E-state index contributed by atoms with van der Waals surface area (Å²) >= 11 is 0. The Labute approximate surface area is 139 Å². The van der Waals surface area contributed by atoms with Crippen LogP contribution in [0.2, 0.25) is 0 Å². The molecule has 0 saturated heterocycles. The van der Waals surface area contributed by atoms with Crippen molar-refractivity contribution in [2.75, 3.05) is 0 Å². The van der Waals surface area contributed by atoms with Crippen molar-refractivity contribution in [2.24, 2.45) is 0 Å². The molecule has 4 heteroatoms. The van der Waals surface area contributed by atoms with Gasteiger partial charge < -0.3 is 9.26 Å². The van der Waals surface area contributed by atoms with E-state index in [1.807, 2.05) is 84.9 Å². The van der Waals surface area contributed by atoms with Crippen LogP contribution in [0.5, 0.6) is 11.5 Å². The summed E-state index contributed by atoms with van der Waals surface area (Å²) in [6, 6.07) is 27.0. The van der Waals surface area contributed by atoms with E-state index in [0.29, 0.717) is 11.7 Å². The number of rotatable bonds is 4. The van der Waals surface area contributed by atoms with E-state index in [2.05, 4.69) is 10.1 Å². The Morgan fingerprint density at radius 3 is 1.96 bits per heavy atom. The summed E-state index contributed by atoms with van der Waals surface area (Å²) in [5, 5.41) is 4.04. The second-order valence-electron chi connectivity index (χ2n) is 5.23. The number of nitrogens with zero attached hydrogens (tertiary/aromatic N) is 2. The largest absolute Gasteiger partial charge is 0.457 e. The highest BCUT2D eigenvalue weighted by atomic mass is 16.5. The van der Waals surface area contributed by atoms with Crippen LogP contribution in [0.1, 0.15) is 0 Å². The smallest absolute Gasteiger partial charge is 0.258 e. The highest BCUT2D eigenvalue weighted by molar-refractivity contribution is 5.60. The lowest BCUT2D eigenvalue weighted by atomic mass is 10.2. The zero-order valence-corrected chi connectivity index (χ0v) is 12.8. The van der Waals surface area contributed by atoms with E-state index in [9.17, 15) is 0 Å². The third-order valence-corrected chi connectivity index (χ3v) is 3.54. The second kappa shape index (κ2) is 6.38. The van der Waals surface area contributed by atoms with Gasteiger partial charge in [-0.05, 0) is 36.4 Å². The molecule has 4 rings (SSSR count). The van der Waals surface area contributed by atoms with E-state index in [1.54, 1.807) is 0 Å². The molecule has 24 heavy (non-hydrogen) atoms. The molecule has 0 aliphatic carbocycles. The van der Waals surface area contributed by atoms with Gasteiger partial charge in [-0.1, -0.05) is 53.7 Å². The first-order valence-electron chi connectivity index (χ1n) is 7.61. The lowest BCUT2D eigenvalue weighted by molar-refractivity contribution is 0.432. The van der Waals surface area contributed by atoms with Crippen molar-refractivity contribution in [1.29, 1.82) is 0 Å². The van der Waals surface area contributed by atoms with Crippen molar-refractivity contribution in [3.05, 3.63) is 84.9 Å². The predicted molar refractivity (Wildman–Crippen MR) is 91.7 cm³/mol. The Morgan fingerprint density at radius 1 is 0.625 bits per heavy atom. The maximum atomic E-state index is 5.78. The van der Waals surface area contributed by atoms with Gasteiger partial charge >= 0.3 is 0 Å². The quantitative estimate of drug-likeness (QED) is 0.519. The molecule has 0 spiro atoms. The highest BCUT2D eigenvalue weighted by Gasteiger charge is 2.10. The topological polar surface area (TPSA) is 48.2 Å². The minimum absolute atomic E-state index is 0.486. The van der Waals surface area contributed by atoms with Crippen LogP contribution in [-0.2, 0) is 0 Å². The molecular formula is C20H14N2O2. The fraction of sp³-hybridized carbons (Fsp3) is 0. The van der Waals surface area contributed by atoms with E-state index in [4.69, 9.17) is 9.26 Å². The van der Waals surface area contributed by atoms with E-state index < -0.39 is 0 Å². The summed E-state index contributed by atoms with van der Waals surface area (Å²) in [5.74, 6) is 2.62. The molecule has 0 fully saturated rings. The van der Waals surface area contributed by atoms with Gasteiger partial charge in [-0.2, -0.15) is 4.98 Å². The van der Waals surface area contributed by atoms with Gasteiger partial charge in [0, 0.05) is 11.1 Å². The Hall–Kier alpha value is -3.40. The fourth-order valence-electron chi connectivity index (χ4n) is 2.34. The summed E-state index contributed by atoms with van der Waals surface area (Å²) in [7, 11) is 0. The number of aromatic nitrogens is 2. The highest BCUT2D eigenvalue weighted by Crippen LogP contribution is 2.26. The van der Waals surface area contributed by atoms with Crippen LogP contribution in [0.4, 0.5) is 0 Å². The average Bonchev–Trinajstić information content (AvgIpc) is 3.14. The zero-order valence-electron chi connectivity index (χ0n) is 12.8. The van der Waals surface area contributed by atoms with Crippen molar-refractivity contribution in [3.8, 4) is 34.3 Å². The maximum absolute atomic E-state index is 5.78. The molecule has 0 unspecified atom stereocenters. The first-order chi connectivity index (χ1) is 11.9. The van der Waals surface area contributed by atoms with Crippen molar-refractivity contribution in [3.63, 3.8) is 0 Å². The average molecular weight is 314 g/mol. The third kappa shape index (κ3) is 3.03. The van der Waals surface area contributed by atoms with Crippen LogP contribution in [0, 0.1) is 0 Å². The lowest BCUT2D eigenvalue weighted by Gasteiger charge is -2.05. The maximum Gasteiger partial charge on any atom is 0.258 e. The fourth-order valence-corrected chi connectivity index (χ4v) is 2.34. The molecule has 0 N–H and O–H groups in total. The van der Waals surface area contributed by atoms with E-state index in [0.717, 1.165) is 22.6 Å². The van der Waals surface area contributed by atoms with Crippen molar-refractivity contribution >= 4 is 0 Å². The summed E-state index contributed by atoms with van der Waals surface area (Å²) in [5.41, 5.74) is 1.78. The monoisotopic (exact) mass is 314 g/mol. The van der Waals surface area contributed by atoms with E-state index in [-0.39, 0.29) is 0 Å². The molecule has 116 valence electrons. The number of hydrogen-bond acceptors (Lipinski definition) is 4. The molecular weight excluding hydrogens is 300 g/mol. The van der Waals surface area contributed by atoms with Gasteiger partial charge in [0.1, 0.15) is 11.5 Å². The summed E-state index contributed by atoms with van der Waals surface area (Å²) < 4.78 is 11.1. The molecule has 4 nitrogen and oxygen atoms in total. The standard InChI is InChI=1S/C20H14N2O2/c1-3-7-15(8-4-1)19-21-20(24-22-19)16-11-13-18(14-12-16)23-17-9-5-2-6-10-17/h1-14H. The minimum Gasteiger partial charge on any atom is -0.457 e. The number of benzene rings is 3. The Bertz CT molecular complexity index is 917. The SMILES string of the molecule is c1ccc(Oc2ccc(-c3nc(-c4ccccc4)no3)cc2)cc1. The van der Waals surface area contributed by atoms with Crippen molar-refractivity contribution in [2.45, 2.75) is 0 Å². The predicted octanol–water partition coefficient (Wildman–Crippen LogP) is 5.20. The number of para-hydroxylation sites is 1. The molecule has 0 amide bonds. The van der Waals surface area contributed by atoms with Gasteiger partial charge in [0.05, 0.1) is 0 Å². The minimum atomic E-state index is 0.486. The number of ether oxygens (including phenoxy) is 1. The second-order valence-corrected chi connectivity index (χ2v) is 5.23. The molecule has 0 saturated carbocycles. The van der Waals surface area contributed by atoms with Gasteiger partial charge in [0.15, 0.2) is 0 Å². The first-order valence-corrected chi connectivity index (χ1v) is 7.61. The van der Waals surface area contributed by atoms with Gasteiger partial charge in [-0.15, -0.1) is 0 Å². The summed E-state index contributed by atoms with van der Waals surface area (Å²) in [6.45, 7) is 0. The zero-order chi connectivity index (χ0) is 16.2. The first kappa shape index (κ1) is 14.2. The van der Waals surface area contributed by atoms with Crippen LogP contribution in [0.3, 0.4) is 0 Å². The normalized spacial score (nSPS) is 10.5. The molecule has 4 aromatic rings. The number of hydrogen-bond donors (Lipinski definition) is 0. The summed E-state index contributed by atoms with van der Waals surface area (Å²) in [4.78, 5) is 4.45. The van der Waals surface area contributed by atoms with Crippen LogP contribution < -0.4 is 4.74 Å². The molecule has 3 aromatic carbocycles. The van der Waals surface area contributed by atoms with Gasteiger partial charge in [0.25, 0.3) is 5.89 Å². The van der Waals surface area contributed by atoms with Crippen LogP contribution in [-0.4, -0.2) is 10.1 Å². The Balaban J connectivity index is 1.54. The Morgan fingerprint density at radius 2 is 1.25 bits per heavy atom. The van der Waals surface area contributed by atoms with Crippen molar-refractivity contribution < 1.29 is 9.26 Å². The molecule has 1 heterocycles. The Kier molecular flexibility index (Phi) is 3.78. The van der Waals surface area contributed by atoms with E-state index >= 15 is 0 Å². The van der Waals surface area contributed by atoms with Crippen LogP contribution in [0.15, 0.2) is 89.5 Å². The molecule has 1 aromatic heterocycles. The van der Waals surface area contributed by atoms with Gasteiger partial charge in [-0.3, -0.25) is 0 Å². The lowest BCUT2D eigenvalue weighted by Crippen LogP contribution is -1.84.